The van der Waals surface area contributed by atoms with E-state index in [9.17, 15) is 0 Å². The first-order chi connectivity index (χ1) is 25.2. The maximum absolute atomic E-state index is 6.42. The summed E-state index contributed by atoms with van der Waals surface area (Å²) in [5, 5.41) is 6.35. The molecule has 6 aromatic carbocycles. The Kier molecular flexibility index (Phi) is 6.70. The number of hydrogen-bond acceptors (Lipinski definition) is 6. The predicted molar refractivity (Wildman–Crippen MR) is 205 cm³/mol. The van der Waals surface area contributed by atoms with Crippen LogP contribution in [0.4, 0.5) is 0 Å². The van der Waals surface area contributed by atoms with Gasteiger partial charge in [0, 0.05) is 39.0 Å². The zero-order valence-corrected chi connectivity index (χ0v) is 27.2. The zero-order valence-electron chi connectivity index (χ0n) is 27.2. The van der Waals surface area contributed by atoms with Gasteiger partial charge in [-0.3, -0.25) is 4.98 Å². The van der Waals surface area contributed by atoms with Crippen LogP contribution in [0.1, 0.15) is 0 Å². The van der Waals surface area contributed by atoms with E-state index in [1.165, 1.54) is 0 Å². The van der Waals surface area contributed by atoms with Crippen molar-refractivity contribution in [3.8, 4) is 56.7 Å². The number of fused-ring (bicyclic) bond motifs is 5. The van der Waals surface area contributed by atoms with Crippen LogP contribution >= 0.6 is 0 Å². The standard InChI is InChI=1S/C45H27N5O/c1-3-11-28(12-4-1)42-48-43(29-13-5-2-6-14-29)50-44(49-42)38-24-34(23-32-16-9-10-18-35(32)38)31-19-20-36-37-21-22-39(47-45(37)51-41(36)26-31)40-25-30-15-7-8-17-33(30)27-46-40/h1-27H. The number of hydrogen-bond donors (Lipinski definition) is 0. The van der Waals surface area contributed by atoms with E-state index in [1.807, 2.05) is 85.1 Å². The van der Waals surface area contributed by atoms with Crippen LogP contribution < -0.4 is 0 Å². The third kappa shape index (κ3) is 5.18. The van der Waals surface area contributed by atoms with Crippen LogP contribution in [0.25, 0.3) is 100 Å². The summed E-state index contributed by atoms with van der Waals surface area (Å²) in [7, 11) is 0. The summed E-state index contributed by atoms with van der Waals surface area (Å²) in [6, 6.07) is 53.6. The van der Waals surface area contributed by atoms with Crippen molar-refractivity contribution in [3.05, 3.63) is 164 Å². The number of nitrogens with zero attached hydrogens (tertiary/aromatic N) is 5. The average molecular weight is 654 g/mol. The van der Waals surface area contributed by atoms with Gasteiger partial charge in [-0.2, -0.15) is 0 Å². The number of benzene rings is 6. The second-order valence-corrected chi connectivity index (χ2v) is 12.6. The molecule has 0 spiro atoms. The van der Waals surface area contributed by atoms with Gasteiger partial charge in [0.25, 0.3) is 0 Å². The Morgan fingerprint density at radius 2 is 1.02 bits per heavy atom. The Morgan fingerprint density at radius 1 is 0.373 bits per heavy atom. The minimum absolute atomic E-state index is 0.584. The summed E-state index contributed by atoms with van der Waals surface area (Å²) in [4.78, 5) is 24.6. The molecule has 10 rings (SSSR count). The lowest BCUT2D eigenvalue weighted by molar-refractivity contribution is 0.654. The van der Waals surface area contributed by atoms with Crippen molar-refractivity contribution in [1.29, 1.82) is 0 Å². The summed E-state index contributed by atoms with van der Waals surface area (Å²) in [6.45, 7) is 0. The minimum Gasteiger partial charge on any atom is -0.438 e. The lowest BCUT2D eigenvalue weighted by Crippen LogP contribution is -2.00. The van der Waals surface area contributed by atoms with E-state index in [-0.39, 0.29) is 0 Å². The fraction of sp³-hybridized carbons (Fsp3) is 0. The van der Waals surface area contributed by atoms with Gasteiger partial charge in [0.15, 0.2) is 17.5 Å². The molecule has 0 bridgehead atoms. The second kappa shape index (κ2) is 11.8. The summed E-state index contributed by atoms with van der Waals surface area (Å²) >= 11 is 0. The lowest BCUT2D eigenvalue weighted by atomic mass is 9.95. The monoisotopic (exact) mass is 653 g/mol. The topological polar surface area (TPSA) is 77.6 Å². The first kappa shape index (κ1) is 28.9. The van der Waals surface area contributed by atoms with Crippen LogP contribution in [0.3, 0.4) is 0 Å². The largest absolute Gasteiger partial charge is 0.438 e. The third-order valence-electron chi connectivity index (χ3n) is 9.37. The molecule has 51 heavy (non-hydrogen) atoms. The molecule has 0 aliphatic heterocycles. The molecule has 0 unspecified atom stereocenters. The predicted octanol–water partition coefficient (Wildman–Crippen LogP) is 11.2. The van der Waals surface area contributed by atoms with E-state index in [0.717, 1.165) is 77.1 Å². The van der Waals surface area contributed by atoms with Gasteiger partial charge in [-0.1, -0.05) is 115 Å². The summed E-state index contributed by atoms with van der Waals surface area (Å²) < 4.78 is 6.42. The number of furan rings is 1. The normalized spacial score (nSPS) is 11.5. The highest BCUT2D eigenvalue weighted by molar-refractivity contribution is 6.06. The van der Waals surface area contributed by atoms with Gasteiger partial charge in [0.05, 0.1) is 11.4 Å². The molecular formula is C45H27N5O. The van der Waals surface area contributed by atoms with Gasteiger partial charge in [-0.05, 0) is 69.8 Å². The fourth-order valence-corrected chi connectivity index (χ4v) is 6.79. The Morgan fingerprint density at radius 3 is 1.78 bits per heavy atom. The minimum atomic E-state index is 0.584. The molecule has 0 N–H and O–H groups in total. The molecule has 0 aliphatic carbocycles. The summed E-state index contributed by atoms with van der Waals surface area (Å²) in [5.41, 5.74) is 7.78. The maximum atomic E-state index is 6.42. The Bertz CT molecular complexity index is 2860. The Balaban J connectivity index is 1.11. The summed E-state index contributed by atoms with van der Waals surface area (Å²) in [5.74, 6) is 1.87. The number of rotatable bonds is 5. The van der Waals surface area contributed by atoms with Gasteiger partial charge in [-0.25, -0.2) is 19.9 Å². The summed E-state index contributed by atoms with van der Waals surface area (Å²) in [6.07, 6.45) is 1.89. The van der Waals surface area contributed by atoms with Crippen molar-refractivity contribution >= 4 is 43.6 Å². The average Bonchev–Trinajstić information content (AvgIpc) is 3.58. The quantitative estimate of drug-likeness (QED) is 0.184. The van der Waals surface area contributed by atoms with Gasteiger partial charge >= 0.3 is 0 Å². The van der Waals surface area contributed by atoms with Gasteiger partial charge in [-0.15, -0.1) is 0 Å². The molecule has 6 nitrogen and oxygen atoms in total. The highest BCUT2D eigenvalue weighted by Gasteiger charge is 2.17. The van der Waals surface area contributed by atoms with Crippen LogP contribution in [-0.4, -0.2) is 24.9 Å². The fourth-order valence-electron chi connectivity index (χ4n) is 6.79. The molecule has 4 aromatic heterocycles. The molecule has 238 valence electrons. The highest BCUT2D eigenvalue weighted by atomic mass is 16.3. The van der Waals surface area contributed by atoms with Gasteiger partial charge < -0.3 is 4.42 Å². The van der Waals surface area contributed by atoms with Crippen molar-refractivity contribution in [2.45, 2.75) is 0 Å². The lowest BCUT2D eigenvalue weighted by Gasteiger charge is -2.12. The Hall–Kier alpha value is -7.05. The first-order valence-electron chi connectivity index (χ1n) is 16.8. The van der Waals surface area contributed by atoms with Crippen molar-refractivity contribution in [1.82, 2.24) is 24.9 Å². The van der Waals surface area contributed by atoms with Crippen LogP contribution in [0.2, 0.25) is 0 Å². The number of aromatic nitrogens is 5. The third-order valence-corrected chi connectivity index (χ3v) is 9.37. The van der Waals surface area contributed by atoms with Crippen LogP contribution in [-0.2, 0) is 0 Å². The zero-order chi connectivity index (χ0) is 33.7. The van der Waals surface area contributed by atoms with Crippen molar-refractivity contribution in [3.63, 3.8) is 0 Å². The molecule has 10 aromatic rings. The van der Waals surface area contributed by atoms with Crippen molar-refractivity contribution in [2.24, 2.45) is 0 Å². The Labute approximate surface area is 292 Å². The highest BCUT2D eigenvalue weighted by Crippen LogP contribution is 2.37. The van der Waals surface area contributed by atoms with E-state index in [1.54, 1.807) is 0 Å². The van der Waals surface area contributed by atoms with E-state index in [2.05, 4.69) is 83.8 Å². The second-order valence-electron chi connectivity index (χ2n) is 12.6. The molecule has 0 atom stereocenters. The van der Waals surface area contributed by atoms with Gasteiger partial charge in [0.2, 0.25) is 5.71 Å². The van der Waals surface area contributed by atoms with E-state index >= 15 is 0 Å². The van der Waals surface area contributed by atoms with Gasteiger partial charge in [0.1, 0.15) is 5.58 Å². The maximum Gasteiger partial charge on any atom is 0.227 e. The van der Waals surface area contributed by atoms with Crippen molar-refractivity contribution < 1.29 is 4.42 Å². The SMILES string of the molecule is c1ccc(-c2nc(-c3ccccc3)nc(-c3cc(-c4ccc5c(c4)oc4nc(-c6cc7ccccc7cn6)ccc45)cc4ccccc34)n2)cc1. The van der Waals surface area contributed by atoms with E-state index in [0.29, 0.717) is 23.2 Å². The van der Waals surface area contributed by atoms with E-state index < -0.39 is 0 Å². The molecule has 0 saturated heterocycles. The molecule has 6 heteroatoms. The smallest absolute Gasteiger partial charge is 0.227 e. The molecule has 0 radical (unpaired) electrons. The van der Waals surface area contributed by atoms with Crippen LogP contribution in [0, 0.1) is 0 Å². The van der Waals surface area contributed by atoms with Crippen LogP contribution in [0.15, 0.2) is 168 Å². The molecular weight excluding hydrogens is 627 g/mol. The van der Waals surface area contributed by atoms with E-state index in [4.69, 9.17) is 24.4 Å². The molecule has 0 amide bonds. The molecule has 0 aliphatic rings. The molecule has 0 saturated carbocycles. The molecule has 4 heterocycles. The first-order valence-corrected chi connectivity index (χ1v) is 16.8. The van der Waals surface area contributed by atoms with Crippen LogP contribution in [0.5, 0.6) is 0 Å². The number of pyridine rings is 2. The van der Waals surface area contributed by atoms with Crippen molar-refractivity contribution in [2.75, 3.05) is 0 Å². The molecule has 0 fully saturated rings.